The Hall–Kier alpha value is -1.72. The minimum absolute atomic E-state index is 0.168. The molecular formula is C21H24BrClFN3. The van der Waals surface area contributed by atoms with Crippen molar-refractivity contribution in [1.82, 2.24) is 9.97 Å². The third kappa shape index (κ3) is 4.58. The Bertz CT molecular complexity index is 917. The van der Waals surface area contributed by atoms with Crippen LogP contribution in [-0.2, 0) is 6.42 Å². The number of halogens is 3. The molecule has 0 unspecified atom stereocenters. The molecule has 1 aromatic heterocycles. The average molecular weight is 453 g/mol. The second-order valence-corrected chi connectivity index (χ2v) is 6.66. The van der Waals surface area contributed by atoms with Gasteiger partial charge in [0.15, 0.2) is 0 Å². The lowest BCUT2D eigenvalue weighted by Gasteiger charge is -2.31. The molecule has 0 bridgehead atoms. The van der Waals surface area contributed by atoms with E-state index in [4.69, 9.17) is 11.6 Å². The maximum atomic E-state index is 13.7. The molecule has 0 amide bonds. The highest BCUT2D eigenvalue weighted by Gasteiger charge is 2.23. The lowest BCUT2D eigenvalue weighted by molar-refractivity contribution is 0.629. The van der Waals surface area contributed by atoms with E-state index in [0.29, 0.717) is 16.7 Å². The Morgan fingerprint density at radius 3 is 2.56 bits per heavy atom. The highest BCUT2D eigenvalue weighted by atomic mass is 79.9. The van der Waals surface area contributed by atoms with Gasteiger partial charge in [0.1, 0.15) is 11.6 Å². The first-order valence-electron chi connectivity index (χ1n) is 9.31. The van der Waals surface area contributed by atoms with Crippen molar-refractivity contribution >= 4 is 49.9 Å². The van der Waals surface area contributed by atoms with E-state index >= 15 is 0 Å². The highest BCUT2D eigenvalue weighted by Crippen LogP contribution is 2.39. The van der Waals surface area contributed by atoms with Gasteiger partial charge in [-0.05, 0) is 60.3 Å². The van der Waals surface area contributed by atoms with Crippen molar-refractivity contribution in [3.8, 4) is 0 Å². The van der Waals surface area contributed by atoms with Gasteiger partial charge in [0.2, 0.25) is 5.28 Å². The molecule has 0 aliphatic carbocycles. The molecule has 0 saturated carbocycles. The summed E-state index contributed by atoms with van der Waals surface area (Å²) >= 11 is 9.70. The fourth-order valence-corrected chi connectivity index (χ4v) is 3.79. The molecule has 0 atom stereocenters. The summed E-state index contributed by atoms with van der Waals surface area (Å²) in [6, 6.07) is 10.6. The molecule has 0 saturated heterocycles. The van der Waals surface area contributed by atoms with E-state index < -0.39 is 0 Å². The molecule has 27 heavy (non-hydrogen) atoms. The van der Waals surface area contributed by atoms with E-state index in [1.54, 1.807) is 6.07 Å². The zero-order valence-electron chi connectivity index (χ0n) is 16.1. The summed E-state index contributed by atoms with van der Waals surface area (Å²) in [6.07, 6.45) is 1.99. The summed E-state index contributed by atoms with van der Waals surface area (Å²) in [6.45, 7) is 8.81. The van der Waals surface area contributed by atoms with E-state index in [1.165, 1.54) is 17.7 Å². The number of hydrogen-bond acceptors (Lipinski definition) is 3. The van der Waals surface area contributed by atoms with Crippen LogP contribution < -0.4 is 4.90 Å². The Balaban J connectivity index is 0.000000614. The Kier molecular flexibility index (Phi) is 7.99. The van der Waals surface area contributed by atoms with Gasteiger partial charge in [-0.2, -0.15) is 4.98 Å². The van der Waals surface area contributed by atoms with Gasteiger partial charge in [-0.15, -0.1) is 0 Å². The average Bonchev–Trinajstić information content (AvgIpc) is 2.71. The van der Waals surface area contributed by atoms with Crippen molar-refractivity contribution in [2.24, 2.45) is 0 Å². The van der Waals surface area contributed by atoms with Gasteiger partial charge < -0.3 is 4.90 Å². The molecule has 0 N–H and O–H groups in total. The van der Waals surface area contributed by atoms with E-state index in [0.717, 1.165) is 29.5 Å². The lowest BCUT2D eigenvalue weighted by atomic mass is 10.0. The first kappa shape index (κ1) is 21.6. The quantitative estimate of drug-likeness (QED) is 0.362. The summed E-state index contributed by atoms with van der Waals surface area (Å²) in [5.41, 5.74) is 2.95. The van der Waals surface area contributed by atoms with Crippen molar-refractivity contribution in [2.45, 2.75) is 40.5 Å². The van der Waals surface area contributed by atoms with Gasteiger partial charge >= 0.3 is 0 Å². The molecule has 2 heterocycles. The second kappa shape index (κ2) is 10.00. The van der Waals surface area contributed by atoms with Crippen LogP contribution in [0, 0.1) is 5.82 Å². The third-order valence-electron chi connectivity index (χ3n) is 4.06. The molecule has 0 radical (unpaired) electrons. The monoisotopic (exact) mass is 451 g/mol. The van der Waals surface area contributed by atoms with Crippen molar-refractivity contribution in [3.05, 3.63) is 57.5 Å². The number of aromatic nitrogens is 2. The summed E-state index contributed by atoms with van der Waals surface area (Å²) in [5, 5.41) is 0.837. The number of anilines is 2. The summed E-state index contributed by atoms with van der Waals surface area (Å²) in [7, 11) is 0. The Labute approximate surface area is 173 Å². The summed E-state index contributed by atoms with van der Waals surface area (Å²) in [5.74, 6) is 0.342. The van der Waals surface area contributed by atoms with Crippen LogP contribution in [0.15, 0.2) is 40.9 Å². The molecule has 3 aromatic rings. The lowest BCUT2D eigenvalue weighted by Crippen LogP contribution is -2.26. The van der Waals surface area contributed by atoms with Crippen LogP contribution in [0.5, 0.6) is 0 Å². The zero-order chi connectivity index (χ0) is 20.0. The van der Waals surface area contributed by atoms with Gasteiger partial charge in [-0.25, -0.2) is 9.37 Å². The molecule has 0 fully saturated rings. The number of hydrogen-bond donors (Lipinski definition) is 0. The normalized spacial score (nSPS) is 12.5. The van der Waals surface area contributed by atoms with Crippen LogP contribution in [0.1, 0.15) is 39.7 Å². The van der Waals surface area contributed by atoms with Crippen LogP contribution in [0.2, 0.25) is 5.28 Å². The predicted molar refractivity (Wildman–Crippen MR) is 117 cm³/mol. The molecule has 144 valence electrons. The molecule has 6 heteroatoms. The Morgan fingerprint density at radius 2 is 1.81 bits per heavy atom. The van der Waals surface area contributed by atoms with Crippen molar-refractivity contribution in [1.29, 1.82) is 0 Å². The van der Waals surface area contributed by atoms with E-state index in [9.17, 15) is 4.39 Å². The van der Waals surface area contributed by atoms with Crippen molar-refractivity contribution in [3.63, 3.8) is 0 Å². The molecule has 3 nitrogen and oxygen atoms in total. The largest absolute Gasteiger partial charge is 0.325 e. The van der Waals surface area contributed by atoms with Gasteiger partial charge in [0, 0.05) is 22.1 Å². The SMILES string of the molecule is CC.CC.Fc1ccc2nc(Cl)nc(N3CCCc4c(Br)cccc43)c2c1. The molecule has 1 aliphatic heterocycles. The fourth-order valence-electron chi connectivity index (χ4n) is 3.06. The molecule has 0 spiro atoms. The molecular weight excluding hydrogens is 429 g/mol. The summed E-state index contributed by atoms with van der Waals surface area (Å²) in [4.78, 5) is 10.7. The van der Waals surface area contributed by atoms with Crippen molar-refractivity contribution < 1.29 is 4.39 Å². The smallest absolute Gasteiger partial charge is 0.224 e. The Morgan fingerprint density at radius 1 is 1.07 bits per heavy atom. The minimum Gasteiger partial charge on any atom is -0.325 e. The van der Waals surface area contributed by atoms with Gasteiger partial charge in [0.25, 0.3) is 0 Å². The minimum atomic E-state index is -0.309. The van der Waals surface area contributed by atoms with Crippen LogP contribution in [0.3, 0.4) is 0 Å². The third-order valence-corrected chi connectivity index (χ3v) is 4.97. The van der Waals surface area contributed by atoms with Crippen LogP contribution in [0.25, 0.3) is 10.9 Å². The number of benzene rings is 2. The van der Waals surface area contributed by atoms with E-state index in [-0.39, 0.29) is 11.1 Å². The number of fused-ring (bicyclic) bond motifs is 2. The van der Waals surface area contributed by atoms with Crippen LogP contribution >= 0.6 is 27.5 Å². The van der Waals surface area contributed by atoms with Gasteiger partial charge in [-0.3, -0.25) is 0 Å². The zero-order valence-corrected chi connectivity index (χ0v) is 18.4. The van der Waals surface area contributed by atoms with Gasteiger partial charge in [-0.1, -0.05) is 49.7 Å². The fraction of sp³-hybridized carbons (Fsp3) is 0.333. The van der Waals surface area contributed by atoms with Crippen LogP contribution in [0.4, 0.5) is 15.9 Å². The first-order chi connectivity index (χ1) is 13.1. The molecule has 1 aliphatic rings. The topological polar surface area (TPSA) is 29.0 Å². The maximum Gasteiger partial charge on any atom is 0.224 e. The molecule has 2 aromatic carbocycles. The number of rotatable bonds is 1. The highest BCUT2D eigenvalue weighted by molar-refractivity contribution is 9.10. The molecule has 4 rings (SSSR count). The van der Waals surface area contributed by atoms with Gasteiger partial charge in [0.05, 0.1) is 5.52 Å². The van der Waals surface area contributed by atoms with E-state index in [2.05, 4.69) is 36.9 Å². The number of nitrogens with zero attached hydrogens (tertiary/aromatic N) is 3. The van der Waals surface area contributed by atoms with Crippen molar-refractivity contribution in [2.75, 3.05) is 11.4 Å². The maximum absolute atomic E-state index is 13.7. The first-order valence-corrected chi connectivity index (χ1v) is 10.5. The second-order valence-electron chi connectivity index (χ2n) is 5.47. The predicted octanol–water partition coefficient (Wildman–Crippen LogP) is 7.32. The van der Waals surface area contributed by atoms with Crippen LogP contribution in [-0.4, -0.2) is 16.5 Å². The standard InChI is InChI=1S/C17H12BrClFN3.2C2H6/c18-13-4-1-5-15-11(13)3-2-8-23(15)16-12-9-10(20)6-7-14(12)21-17(19)22-16;2*1-2/h1,4-7,9H,2-3,8H2;2*1-2H3. The van der Waals surface area contributed by atoms with E-state index in [1.807, 2.05) is 39.8 Å². The summed E-state index contributed by atoms with van der Waals surface area (Å²) < 4.78 is 14.8.